The molecule has 3 aromatic rings. The molecule has 0 unspecified atom stereocenters. The molecule has 1 aromatic heterocycles. The number of hydrogen-bond donors (Lipinski definition) is 2. The minimum absolute atomic E-state index is 0.123. The Hall–Kier alpha value is -2.91. The van der Waals surface area contributed by atoms with Crippen LogP contribution in [-0.2, 0) is 22.6 Å². The number of nitrogens with one attached hydrogen (secondary N) is 2. The van der Waals surface area contributed by atoms with Gasteiger partial charge in [-0.05, 0) is 42.0 Å². The number of amides is 2. The smallest absolute Gasteiger partial charge is 0.234 e. The normalized spacial score (nSPS) is 10.5. The number of nitrogens with zero attached hydrogens (tertiary/aromatic N) is 1. The first-order valence-electron chi connectivity index (χ1n) is 9.04. The predicted octanol–water partition coefficient (Wildman–Crippen LogP) is 3.88. The molecular formula is C21H20FN3O3S2. The standard InChI is InChI=1S/C21H20FN3O3S2/c1-28-18-8-2-14(3-9-18)11-23-19(26)10-17-12-29-21(25-17)30-13-20(27)24-16-6-4-15(22)5-7-16/h2-9,12H,10-11,13H2,1H3,(H,23,26)(H,24,27). The summed E-state index contributed by atoms with van der Waals surface area (Å²) in [6.07, 6.45) is 0.176. The van der Waals surface area contributed by atoms with Crippen LogP contribution >= 0.6 is 23.1 Å². The third-order valence-electron chi connectivity index (χ3n) is 3.98. The van der Waals surface area contributed by atoms with Crippen molar-refractivity contribution in [1.82, 2.24) is 10.3 Å². The first-order chi connectivity index (χ1) is 14.5. The van der Waals surface area contributed by atoms with Crippen molar-refractivity contribution >= 4 is 40.6 Å². The van der Waals surface area contributed by atoms with E-state index in [2.05, 4.69) is 15.6 Å². The number of benzene rings is 2. The molecule has 2 N–H and O–H groups in total. The molecule has 0 fully saturated rings. The number of carbonyl (C=O) groups is 2. The molecule has 0 aliphatic heterocycles. The number of carbonyl (C=O) groups excluding carboxylic acids is 2. The molecule has 0 aliphatic rings. The highest BCUT2D eigenvalue weighted by atomic mass is 32.2. The Bertz CT molecular complexity index is 991. The van der Waals surface area contributed by atoms with E-state index >= 15 is 0 Å². The second-order valence-corrected chi connectivity index (χ2v) is 8.33. The third kappa shape index (κ3) is 6.85. The number of aromatic nitrogens is 1. The fraction of sp³-hybridized carbons (Fsp3) is 0.190. The number of thioether (sulfide) groups is 1. The molecule has 0 saturated heterocycles. The van der Waals surface area contributed by atoms with Gasteiger partial charge in [0.05, 0.1) is 25.0 Å². The molecule has 1 heterocycles. The van der Waals surface area contributed by atoms with Crippen molar-refractivity contribution < 1.29 is 18.7 Å². The van der Waals surface area contributed by atoms with E-state index in [1.165, 1.54) is 47.4 Å². The van der Waals surface area contributed by atoms with Gasteiger partial charge in [0.2, 0.25) is 11.8 Å². The van der Waals surface area contributed by atoms with Crippen LogP contribution in [-0.4, -0.2) is 29.7 Å². The summed E-state index contributed by atoms with van der Waals surface area (Å²) in [5, 5.41) is 7.37. The summed E-state index contributed by atoms with van der Waals surface area (Å²) < 4.78 is 18.7. The molecule has 0 saturated carbocycles. The zero-order valence-corrected chi connectivity index (χ0v) is 17.8. The Morgan fingerprint density at radius 3 is 2.53 bits per heavy atom. The van der Waals surface area contributed by atoms with Crippen molar-refractivity contribution in [2.45, 2.75) is 17.3 Å². The summed E-state index contributed by atoms with van der Waals surface area (Å²) in [6.45, 7) is 0.429. The topological polar surface area (TPSA) is 80.3 Å². The van der Waals surface area contributed by atoms with Gasteiger partial charge in [0.1, 0.15) is 11.6 Å². The number of thiazole rings is 1. The first kappa shape index (κ1) is 21.8. The van der Waals surface area contributed by atoms with Crippen molar-refractivity contribution in [2.24, 2.45) is 0 Å². The van der Waals surface area contributed by atoms with Gasteiger partial charge in [-0.2, -0.15) is 0 Å². The third-order valence-corrected chi connectivity index (χ3v) is 6.05. The van der Waals surface area contributed by atoms with E-state index in [-0.39, 0.29) is 29.8 Å². The minimum Gasteiger partial charge on any atom is -0.497 e. The van der Waals surface area contributed by atoms with Crippen LogP contribution in [0.5, 0.6) is 5.75 Å². The summed E-state index contributed by atoms with van der Waals surface area (Å²) in [4.78, 5) is 28.5. The van der Waals surface area contributed by atoms with E-state index in [0.717, 1.165) is 11.3 Å². The molecule has 9 heteroatoms. The molecule has 6 nitrogen and oxygen atoms in total. The average molecular weight is 446 g/mol. The number of ether oxygens (including phenoxy) is 1. The summed E-state index contributed by atoms with van der Waals surface area (Å²) in [7, 11) is 1.61. The zero-order chi connectivity index (χ0) is 21.3. The maximum Gasteiger partial charge on any atom is 0.234 e. The molecule has 156 valence electrons. The first-order valence-corrected chi connectivity index (χ1v) is 10.9. The van der Waals surface area contributed by atoms with Crippen molar-refractivity contribution in [2.75, 3.05) is 18.2 Å². The van der Waals surface area contributed by atoms with Crippen LogP contribution in [0.3, 0.4) is 0 Å². The van der Waals surface area contributed by atoms with Crippen molar-refractivity contribution in [3.8, 4) is 5.75 Å². The predicted molar refractivity (Wildman–Crippen MR) is 116 cm³/mol. The SMILES string of the molecule is COc1ccc(CNC(=O)Cc2csc(SCC(=O)Nc3ccc(F)cc3)n2)cc1. The quantitative estimate of drug-likeness (QED) is 0.489. The van der Waals surface area contributed by atoms with E-state index in [1.807, 2.05) is 29.6 Å². The molecular weight excluding hydrogens is 425 g/mol. The summed E-state index contributed by atoms with van der Waals surface area (Å²) in [5.41, 5.74) is 2.18. The highest BCUT2D eigenvalue weighted by Gasteiger charge is 2.10. The molecule has 0 atom stereocenters. The minimum atomic E-state index is -0.356. The van der Waals surface area contributed by atoms with Gasteiger partial charge in [-0.15, -0.1) is 11.3 Å². The van der Waals surface area contributed by atoms with Crippen LogP contribution in [0, 0.1) is 5.82 Å². The lowest BCUT2D eigenvalue weighted by molar-refractivity contribution is -0.120. The molecule has 0 aliphatic carbocycles. The van der Waals surface area contributed by atoms with Crippen LogP contribution < -0.4 is 15.4 Å². The molecule has 2 amide bonds. The van der Waals surface area contributed by atoms with E-state index < -0.39 is 0 Å². The molecule has 0 bridgehead atoms. The molecule has 0 radical (unpaired) electrons. The summed E-state index contributed by atoms with van der Waals surface area (Å²) >= 11 is 2.68. The van der Waals surface area contributed by atoms with Gasteiger partial charge in [-0.25, -0.2) is 9.37 Å². The number of hydrogen-bond acceptors (Lipinski definition) is 6. The molecule has 0 spiro atoms. The van der Waals surface area contributed by atoms with Crippen molar-refractivity contribution in [1.29, 1.82) is 0 Å². The Kier molecular flexibility index (Phi) is 7.81. The van der Waals surface area contributed by atoms with Crippen LogP contribution in [0.25, 0.3) is 0 Å². The van der Waals surface area contributed by atoms with Gasteiger partial charge in [0.25, 0.3) is 0 Å². The lowest BCUT2D eigenvalue weighted by atomic mass is 10.2. The summed E-state index contributed by atoms with van der Waals surface area (Å²) in [6, 6.07) is 13.1. The van der Waals surface area contributed by atoms with E-state index in [4.69, 9.17) is 4.74 Å². The number of halogens is 1. The fourth-order valence-electron chi connectivity index (χ4n) is 2.46. The zero-order valence-electron chi connectivity index (χ0n) is 16.2. The molecule has 2 aromatic carbocycles. The number of rotatable bonds is 9. The van der Waals surface area contributed by atoms with Gasteiger partial charge in [0, 0.05) is 17.6 Å². The lowest BCUT2D eigenvalue weighted by Crippen LogP contribution is -2.24. The van der Waals surface area contributed by atoms with Gasteiger partial charge in [0.15, 0.2) is 4.34 Å². The van der Waals surface area contributed by atoms with Crippen LogP contribution in [0.1, 0.15) is 11.3 Å². The highest BCUT2D eigenvalue weighted by molar-refractivity contribution is 8.01. The monoisotopic (exact) mass is 445 g/mol. The second kappa shape index (κ2) is 10.7. The lowest BCUT2D eigenvalue weighted by Gasteiger charge is -2.05. The van der Waals surface area contributed by atoms with Gasteiger partial charge in [-0.1, -0.05) is 23.9 Å². The van der Waals surface area contributed by atoms with Crippen LogP contribution in [0.15, 0.2) is 58.3 Å². The highest BCUT2D eigenvalue weighted by Crippen LogP contribution is 2.23. The average Bonchev–Trinajstić information content (AvgIpc) is 3.20. The second-order valence-electron chi connectivity index (χ2n) is 6.25. The van der Waals surface area contributed by atoms with E-state index in [0.29, 0.717) is 22.3 Å². The molecule has 30 heavy (non-hydrogen) atoms. The Morgan fingerprint density at radius 2 is 1.83 bits per heavy atom. The fourth-order valence-corrected chi connectivity index (χ4v) is 4.11. The Morgan fingerprint density at radius 1 is 1.10 bits per heavy atom. The van der Waals surface area contributed by atoms with E-state index in [1.54, 1.807) is 7.11 Å². The Labute approximate surface area is 181 Å². The number of methoxy groups -OCH3 is 1. The van der Waals surface area contributed by atoms with E-state index in [9.17, 15) is 14.0 Å². The van der Waals surface area contributed by atoms with Crippen LogP contribution in [0.4, 0.5) is 10.1 Å². The van der Waals surface area contributed by atoms with Gasteiger partial charge < -0.3 is 15.4 Å². The largest absolute Gasteiger partial charge is 0.497 e. The van der Waals surface area contributed by atoms with Crippen molar-refractivity contribution in [3.05, 3.63) is 71.0 Å². The van der Waals surface area contributed by atoms with Gasteiger partial charge in [-0.3, -0.25) is 9.59 Å². The van der Waals surface area contributed by atoms with Crippen molar-refractivity contribution in [3.63, 3.8) is 0 Å². The Balaban J connectivity index is 1.40. The van der Waals surface area contributed by atoms with Crippen LogP contribution in [0.2, 0.25) is 0 Å². The maximum absolute atomic E-state index is 12.9. The molecule has 3 rings (SSSR count). The maximum atomic E-state index is 12.9. The summed E-state index contributed by atoms with van der Waals surface area (Å²) in [5.74, 6) is 0.255. The van der Waals surface area contributed by atoms with Gasteiger partial charge >= 0.3 is 0 Å². The number of anilines is 1.